The number of amides is 1. The number of rotatable bonds is 3. The Hall–Kier alpha value is -3.46. The van der Waals surface area contributed by atoms with E-state index in [2.05, 4.69) is 25.8 Å². The van der Waals surface area contributed by atoms with Crippen LogP contribution in [0.25, 0.3) is 33.2 Å². The van der Waals surface area contributed by atoms with Gasteiger partial charge in [-0.3, -0.25) is 10.4 Å². The van der Waals surface area contributed by atoms with Crippen molar-refractivity contribution in [1.29, 1.82) is 0 Å². The molecule has 1 amide bonds. The molecule has 136 valence electrons. The van der Waals surface area contributed by atoms with Crippen LogP contribution in [-0.4, -0.2) is 43.0 Å². The van der Waals surface area contributed by atoms with E-state index >= 15 is 0 Å². The minimum absolute atomic E-state index is 0.0768. The largest absolute Gasteiger partial charge is 0.441 e. The molecular formula is C18H16N6O3. The summed E-state index contributed by atoms with van der Waals surface area (Å²) in [4.78, 5) is 11.8. The number of cyclic esters (lactones) is 1. The van der Waals surface area contributed by atoms with E-state index in [-0.39, 0.29) is 6.61 Å². The van der Waals surface area contributed by atoms with Crippen molar-refractivity contribution in [3.05, 3.63) is 35.9 Å². The Morgan fingerprint density at radius 1 is 1.33 bits per heavy atom. The zero-order chi connectivity index (χ0) is 18.5. The van der Waals surface area contributed by atoms with Gasteiger partial charge in [-0.15, -0.1) is 5.10 Å². The van der Waals surface area contributed by atoms with E-state index in [4.69, 9.17) is 4.74 Å². The molecule has 1 atom stereocenters. The predicted molar refractivity (Wildman–Crippen MR) is 98.1 cm³/mol. The molecule has 0 saturated heterocycles. The molecule has 4 aromatic rings. The van der Waals surface area contributed by atoms with Gasteiger partial charge >= 0.3 is 6.09 Å². The number of hydrogen-bond donors (Lipinski definition) is 3. The molecule has 1 aliphatic heterocycles. The molecule has 0 saturated carbocycles. The molecular weight excluding hydrogens is 348 g/mol. The number of aliphatic hydroxyl groups is 1. The molecule has 0 spiro atoms. The van der Waals surface area contributed by atoms with Crippen molar-refractivity contribution in [3.8, 4) is 11.3 Å². The quantitative estimate of drug-likeness (QED) is 0.514. The fraction of sp³-hybridized carbons (Fsp3) is 0.222. The van der Waals surface area contributed by atoms with Crippen LogP contribution < -0.4 is 5.32 Å². The highest BCUT2D eigenvalue weighted by Gasteiger charge is 2.27. The molecule has 5 rings (SSSR count). The van der Waals surface area contributed by atoms with E-state index in [1.165, 1.54) is 0 Å². The summed E-state index contributed by atoms with van der Waals surface area (Å²) >= 11 is 0. The predicted octanol–water partition coefficient (Wildman–Crippen LogP) is 2.50. The first-order chi connectivity index (χ1) is 13.2. The lowest BCUT2D eigenvalue weighted by Gasteiger charge is -2.25. The van der Waals surface area contributed by atoms with Crippen molar-refractivity contribution in [1.82, 2.24) is 25.2 Å². The van der Waals surface area contributed by atoms with Gasteiger partial charge in [-0.2, -0.15) is 5.10 Å². The number of hydrogen-bond acceptors (Lipinski definition) is 6. The van der Waals surface area contributed by atoms with Crippen LogP contribution in [-0.2, 0) is 11.8 Å². The number of fused-ring (bicyclic) bond motifs is 3. The van der Waals surface area contributed by atoms with Gasteiger partial charge in [-0.1, -0.05) is 17.3 Å². The molecule has 9 heteroatoms. The van der Waals surface area contributed by atoms with Crippen LogP contribution in [0.15, 0.2) is 30.3 Å². The number of nitrogens with one attached hydrogen (secondary N) is 2. The number of nitrogens with zero attached hydrogens (tertiary/aromatic N) is 4. The summed E-state index contributed by atoms with van der Waals surface area (Å²) in [5.74, 6) is 0. The topological polar surface area (TPSA) is 118 Å². The molecule has 3 N–H and O–H groups in total. The zero-order valence-corrected chi connectivity index (χ0v) is 14.4. The molecule has 2 aromatic carbocycles. The summed E-state index contributed by atoms with van der Waals surface area (Å²) in [5, 5.41) is 28.8. The standard InChI is InChI=1S/C18H16N6O3/c1-24-14-4-2-3-9(17(14)22-23-24)16-11-7-10-12(8-13(11)20-21-16)19-18(26)27-15(10)5-6-25/h2-4,7-8,15,25H,5-6H2,1H3,(H,19,26)(H,20,21). The summed E-state index contributed by atoms with van der Waals surface area (Å²) in [6.45, 7) is -0.0768. The van der Waals surface area contributed by atoms with Crippen molar-refractivity contribution in [2.24, 2.45) is 7.05 Å². The second-order valence-electron chi connectivity index (χ2n) is 6.47. The van der Waals surface area contributed by atoms with E-state index in [1.807, 2.05) is 37.4 Å². The molecule has 1 aliphatic rings. The third-order valence-corrected chi connectivity index (χ3v) is 4.85. The summed E-state index contributed by atoms with van der Waals surface area (Å²) in [6, 6.07) is 9.63. The number of anilines is 1. The van der Waals surface area contributed by atoms with E-state index < -0.39 is 12.2 Å². The molecule has 9 nitrogen and oxygen atoms in total. The minimum atomic E-state index is -0.524. The monoisotopic (exact) mass is 364 g/mol. The Bertz CT molecular complexity index is 1190. The van der Waals surface area contributed by atoms with Crippen LogP contribution in [0.1, 0.15) is 18.1 Å². The molecule has 3 heterocycles. The number of H-pyrrole nitrogens is 1. The number of aryl methyl sites for hydroxylation is 1. The van der Waals surface area contributed by atoms with Crippen molar-refractivity contribution in [2.45, 2.75) is 12.5 Å². The van der Waals surface area contributed by atoms with E-state index in [9.17, 15) is 9.90 Å². The number of carbonyl (C=O) groups is 1. The van der Waals surface area contributed by atoms with Crippen LogP contribution in [0.2, 0.25) is 0 Å². The zero-order valence-electron chi connectivity index (χ0n) is 14.4. The molecule has 27 heavy (non-hydrogen) atoms. The average Bonchev–Trinajstić information content (AvgIpc) is 3.24. The van der Waals surface area contributed by atoms with Crippen LogP contribution in [0.4, 0.5) is 10.5 Å². The number of benzene rings is 2. The van der Waals surface area contributed by atoms with Crippen LogP contribution >= 0.6 is 0 Å². The molecule has 0 fully saturated rings. The van der Waals surface area contributed by atoms with Gasteiger partial charge in [0.2, 0.25) is 0 Å². The second kappa shape index (κ2) is 5.78. The van der Waals surface area contributed by atoms with Crippen molar-refractivity contribution >= 4 is 33.7 Å². The minimum Gasteiger partial charge on any atom is -0.441 e. The fourth-order valence-corrected chi connectivity index (χ4v) is 3.57. The normalized spacial score (nSPS) is 16.4. The van der Waals surface area contributed by atoms with Crippen molar-refractivity contribution in [2.75, 3.05) is 11.9 Å². The number of aliphatic hydroxyl groups excluding tert-OH is 1. The fourth-order valence-electron chi connectivity index (χ4n) is 3.57. The smallest absolute Gasteiger partial charge is 0.412 e. The highest BCUT2D eigenvalue weighted by molar-refractivity contribution is 6.03. The first kappa shape index (κ1) is 15.8. The lowest BCUT2D eigenvalue weighted by Crippen LogP contribution is -2.25. The van der Waals surface area contributed by atoms with Gasteiger partial charge in [-0.25, -0.2) is 9.48 Å². The highest BCUT2D eigenvalue weighted by atomic mass is 16.6. The maximum absolute atomic E-state index is 11.8. The summed E-state index contributed by atoms with van der Waals surface area (Å²) < 4.78 is 7.05. The average molecular weight is 364 g/mol. The van der Waals surface area contributed by atoms with Gasteiger partial charge < -0.3 is 9.84 Å². The maximum atomic E-state index is 11.8. The SMILES string of the molecule is Cn1nnc2c(-c3n[nH]c4cc5c(cc34)C(CCO)OC(=O)N5)cccc21. The van der Waals surface area contributed by atoms with Crippen molar-refractivity contribution in [3.63, 3.8) is 0 Å². The van der Waals surface area contributed by atoms with E-state index in [0.717, 1.165) is 38.8 Å². The van der Waals surface area contributed by atoms with Crippen LogP contribution in [0, 0.1) is 0 Å². The van der Waals surface area contributed by atoms with Gasteiger partial charge in [0.15, 0.2) is 0 Å². The van der Waals surface area contributed by atoms with Crippen LogP contribution in [0.3, 0.4) is 0 Å². The first-order valence-corrected chi connectivity index (χ1v) is 8.55. The number of carbonyl (C=O) groups excluding carboxylic acids is 1. The third-order valence-electron chi connectivity index (χ3n) is 4.85. The lowest BCUT2D eigenvalue weighted by atomic mass is 9.98. The van der Waals surface area contributed by atoms with Gasteiger partial charge in [-0.05, 0) is 18.2 Å². The van der Waals surface area contributed by atoms with Gasteiger partial charge in [0.05, 0.1) is 16.7 Å². The number of aromatic nitrogens is 5. The van der Waals surface area contributed by atoms with Crippen molar-refractivity contribution < 1.29 is 14.6 Å². The van der Waals surface area contributed by atoms with E-state index in [0.29, 0.717) is 12.1 Å². The third kappa shape index (κ3) is 2.36. The molecule has 0 bridgehead atoms. The molecule has 0 radical (unpaired) electrons. The maximum Gasteiger partial charge on any atom is 0.412 e. The van der Waals surface area contributed by atoms with Gasteiger partial charge in [0.25, 0.3) is 0 Å². The van der Waals surface area contributed by atoms with Gasteiger partial charge in [0, 0.05) is 36.6 Å². The number of ether oxygens (including phenoxy) is 1. The Labute approximate surface area is 152 Å². The summed E-state index contributed by atoms with van der Waals surface area (Å²) in [5.41, 5.74) is 5.55. The summed E-state index contributed by atoms with van der Waals surface area (Å²) in [6.07, 6.45) is -0.693. The Morgan fingerprint density at radius 3 is 3.07 bits per heavy atom. The molecule has 0 aliphatic carbocycles. The molecule has 1 unspecified atom stereocenters. The van der Waals surface area contributed by atoms with Crippen LogP contribution in [0.5, 0.6) is 0 Å². The van der Waals surface area contributed by atoms with E-state index in [1.54, 1.807) is 4.68 Å². The number of aromatic amines is 1. The highest BCUT2D eigenvalue weighted by Crippen LogP contribution is 2.39. The van der Waals surface area contributed by atoms with Gasteiger partial charge in [0.1, 0.15) is 17.3 Å². The molecule has 2 aromatic heterocycles. The Kier molecular flexibility index (Phi) is 3.37. The Balaban J connectivity index is 1.73. The summed E-state index contributed by atoms with van der Waals surface area (Å²) in [7, 11) is 1.84. The second-order valence-corrected chi connectivity index (χ2v) is 6.47. The first-order valence-electron chi connectivity index (χ1n) is 8.55. The lowest BCUT2D eigenvalue weighted by molar-refractivity contribution is 0.0873. The Morgan fingerprint density at radius 2 is 2.22 bits per heavy atom.